The Hall–Kier alpha value is -4.60. The third-order valence-electron chi connectivity index (χ3n) is 13.1. The summed E-state index contributed by atoms with van der Waals surface area (Å²) in [7, 11) is 0. The maximum absolute atomic E-state index is 12.3. The summed E-state index contributed by atoms with van der Waals surface area (Å²) < 4.78 is 10.8. The first-order chi connectivity index (χ1) is 30.9. The standard InChI is InChI=1S/C25H35N3O4.C13H16N2.C12H20BrNO4/c1-25(2,3)32-24(31)28-14-10-18(11-15-28)22(23(29)30)27-12-8-17(9-13-27)20-16-26-21-7-5-4-6-19(20)21;1-2-4-13-11(3-1)12(9-15-13)10-5-7-14-8-6-10;1-12(2,3)18-11(17)14-6-4-8(5-7-14)9(13)10(15)16/h4-7,16-18,22,26H,8-15H2,1-3H3,(H,29,30);1-4,9-10,14-15H,5-8H2;8-9H,4-7H2,1-3H3,(H,15,16). The lowest BCUT2D eigenvalue weighted by molar-refractivity contribution is -0.147. The second-order valence-corrected chi connectivity index (χ2v) is 21.0. The van der Waals surface area contributed by atoms with Crippen LogP contribution in [0.4, 0.5) is 9.59 Å². The highest BCUT2D eigenvalue weighted by Gasteiger charge is 2.39. The van der Waals surface area contributed by atoms with Crippen molar-refractivity contribution < 1.29 is 38.9 Å². The molecule has 2 atom stereocenters. The van der Waals surface area contributed by atoms with Crippen molar-refractivity contribution in [2.24, 2.45) is 11.8 Å². The van der Waals surface area contributed by atoms with Crippen molar-refractivity contribution in [1.82, 2.24) is 30.0 Å². The number of ether oxygens (including phenoxy) is 2. The highest BCUT2D eigenvalue weighted by molar-refractivity contribution is 9.10. The van der Waals surface area contributed by atoms with E-state index >= 15 is 0 Å². The van der Waals surface area contributed by atoms with Crippen LogP contribution in [-0.4, -0.2) is 133 Å². The number of rotatable bonds is 7. The molecule has 2 aromatic carbocycles. The molecule has 0 bridgehead atoms. The number of H-pyrrole nitrogens is 2. The molecule has 2 amide bonds. The Labute approximate surface area is 392 Å². The van der Waals surface area contributed by atoms with Gasteiger partial charge in [0.1, 0.15) is 22.1 Å². The van der Waals surface area contributed by atoms with E-state index < -0.39 is 34.0 Å². The number of carbonyl (C=O) groups excluding carboxylic acids is 2. The lowest BCUT2D eigenvalue weighted by Crippen LogP contribution is -2.52. The fourth-order valence-electron chi connectivity index (χ4n) is 9.77. The summed E-state index contributed by atoms with van der Waals surface area (Å²) >= 11 is 3.18. The topological polar surface area (TPSA) is 181 Å². The lowest BCUT2D eigenvalue weighted by atomic mass is 9.84. The molecule has 4 saturated heterocycles. The number of aromatic nitrogens is 2. The smallest absolute Gasteiger partial charge is 0.410 e. The van der Waals surface area contributed by atoms with Gasteiger partial charge in [-0.05, 0) is 166 Å². The van der Waals surface area contributed by atoms with Crippen LogP contribution in [0, 0.1) is 11.8 Å². The molecule has 4 aliphatic rings. The Bertz CT molecular complexity index is 2180. The molecule has 2 unspecified atom stereocenters. The van der Waals surface area contributed by atoms with Gasteiger partial charge in [-0.2, -0.15) is 0 Å². The maximum atomic E-state index is 12.3. The van der Waals surface area contributed by atoms with Crippen molar-refractivity contribution in [1.29, 1.82) is 0 Å². The molecule has 4 aromatic rings. The van der Waals surface area contributed by atoms with Crippen LogP contribution in [0.1, 0.15) is 116 Å². The van der Waals surface area contributed by atoms with Gasteiger partial charge >= 0.3 is 24.1 Å². The fraction of sp³-hybridized carbons (Fsp3) is 0.600. The van der Waals surface area contributed by atoms with Crippen molar-refractivity contribution in [3.8, 4) is 0 Å². The monoisotopic (exact) mass is 962 g/mol. The van der Waals surface area contributed by atoms with E-state index in [1.165, 1.54) is 40.3 Å². The van der Waals surface area contributed by atoms with E-state index in [9.17, 15) is 24.3 Å². The van der Waals surface area contributed by atoms with Crippen LogP contribution in [-0.2, 0) is 19.1 Å². The van der Waals surface area contributed by atoms with E-state index in [1.54, 1.807) is 9.80 Å². The summed E-state index contributed by atoms with van der Waals surface area (Å²) in [4.78, 5) is 58.9. The van der Waals surface area contributed by atoms with Gasteiger partial charge in [-0.25, -0.2) is 9.59 Å². The minimum absolute atomic E-state index is 0.0517. The van der Waals surface area contributed by atoms with Gasteiger partial charge in [0.25, 0.3) is 0 Å². The largest absolute Gasteiger partial charge is 0.480 e. The SMILES string of the molecule is CC(C)(C)OC(=O)N1CCC(C(Br)C(=O)O)CC1.CC(C)(C)OC(=O)N1CCC(C(C(=O)O)N2CCC(c3c[nH]c4ccccc34)CC2)CC1.c1ccc2c(C3CCNCC3)c[nH]c2c1. The van der Waals surface area contributed by atoms with Crippen LogP contribution < -0.4 is 5.32 Å². The number of nitrogens with zero attached hydrogens (tertiary/aromatic N) is 3. The number of amides is 2. The zero-order chi connectivity index (χ0) is 46.9. The van der Waals surface area contributed by atoms with Crippen LogP contribution in [0.5, 0.6) is 0 Å². The quantitative estimate of drug-likeness (QED) is 0.112. The van der Waals surface area contributed by atoms with Gasteiger partial charge in [-0.15, -0.1) is 0 Å². The third-order valence-corrected chi connectivity index (χ3v) is 14.3. The van der Waals surface area contributed by atoms with Crippen LogP contribution in [0.3, 0.4) is 0 Å². The van der Waals surface area contributed by atoms with E-state index in [0.717, 1.165) is 50.5 Å². The molecule has 0 saturated carbocycles. The second kappa shape index (κ2) is 22.3. The van der Waals surface area contributed by atoms with E-state index in [0.29, 0.717) is 57.8 Å². The number of aliphatic carboxylic acids is 2. The average Bonchev–Trinajstić information content (AvgIpc) is 3.91. The Morgan fingerprint density at radius 3 is 1.43 bits per heavy atom. The summed E-state index contributed by atoms with van der Waals surface area (Å²) in [6.07, 6.45) is 10.9. The summed E-state index contributed by atoms with van der Waals surface area (Å²) in [5.74, 6) is -0.276. The first-order valence-electron chi connectivity index (χ1n) is 23.5. The number of carboxylic acid groups (broad SMARTS) is 2. The minimum Gasteiger partial charge on any atom is -0.480 e. The van der Waals surface area contributed by atoms with E-state index in [-0.39, 0.29) is 24.0 Å². The molecule has 2 aromatic heterocycles. The molecule has 6 heterocycles. The number of hydrogen-bond donors (Lipinski definition) is 5. The molecule has 356 valence electrons. The number of nitrogens with one attached hydrogen (secondary N) is 3. The first-order valence-corrected chi connectivity index (χ1v) is 24.4. The van der Waals surface area contributed by atoms with Crippen molar-refractivity contribution >= 4 is 61.9 Å². The predicted molar refractivity (Wildman–Crippen MR) is 258 cm³/mol. The molecule has 5 N–H and O–H groups in total. The highest BCUT2D eigenvalue weighted by atomic mass is 79.9. The van der Waals surface area contributed by atoms with Crippen molar-refractivity contribution in [3.63, 3.8) is 0 Å². The van der Waals surface area contributed by atoms with Crippen molar-refractivity contribution in [3.05, 3.63) is 72.1 Å². The zero-order valence-electron chi connectivity index (χ0n) is 39.1. The number of alkyl halides is 1. The van der Waals surface area contributed by atoms with E-state index in [1.807, 2.05) is 47.6 Å². The number of aromatic amines is 2. The molecular formula is C50H71BrN6O8. The number of fused-ring (bicyclic) bond motifs is 2. The molecule has 4 fully saturated rings. The molecule has 4 aliphatic heterocycles. The average molecular weight is 964 g/mol. The Balaban J connectivity index is 0.000000178. The maximum Gasteiger partial charge on any atom is 0.410 e. The zero-order valence-corrected chi connectivity index (χ0v) is 40.7. The Morgan fingerprint density at radius 1 is 0.600 bits per heavy atom. The second-order valence-electron chi connectivity index (χ2n) is 20.0. The van der Waals surface area contributed by atoms with Crippen LogP contribution in [0.25, 0.3) is 21.8 Å². The molecule has 15 heteroatoms. The van der Waals surface area contributed by atoms with Crippen molar-refractivity contribution in [2.75, 3.05) is 52.4 Å². The Kier molecular flexibility index (Phi) is 17.1. The summed E-state index contributed by atoms with van der Waals surface area (Å²) in [5.41, 5.74) is 4.26. The normalized spacial score (nSPS) is 19.7. The molecule has 0 aliphatic carbocycles. The molecule has 14 nitrogen and oxygen atoms in total. The number of piperidine rings is 4. The van der Waals surface area contributed by atoms with E-state index in [2.05, 4.69) is 91.0 Å². The third kappa shape index (κ3) is 13.7. The lowest BCUT2D eigenvalue weighted by Gasteiger charge is -2.42. The molecular weight excluding hydrogens is 892 g/mol. The van der Waals surface area contributed by atoms with Crippen LogP contribution in [0.2, 0.25) is 0 Å². The van der Waals surface area contributed by atoms with E-state index in [4.69, 9.17) is 14.6 Å². The fourth-order valence-corrected chi connectivity index (χ4v) is 10.3. The van der Waals surface area contributed by atoms with Gasteiger partial charge in [0, 0.05) is 60.4 Å². The summed E-state index contributed by atoms with van der Waals surface area (Å²) in [6.45, 7) is 17.2. The van der Waals surface area contributed by atoms with Crippen molar-refractivity contribution in [2.45, 2.75) is 127 Å². The minimum atomic E-state index is -0.842. The van der Waals surface area contributed by atoms with Gasteiger partial charge in [0.15, 0.2) is 0 Å². The van der Waals surface area contributed by atoms with Gasteiger partial charge < -0.3 is 44.8 Å². The number of halogens is 1. The number of benzene rings is 2. The summed E-state index contributed by atoms with van der Waals surface area (Å²) in [6, 6.07) is 16.5. The number of carboxylic acids is 2. The van der Waals surface area contributed by atoms with Gasteiger partial charge in [0.05, 0.1) is 0 Å². The predicted octanol–water partition coefficient (Wildman–Crippen LogP) is 9.56. The number of likely N-dealkylation sites (tertiary alicyclic amines) is 3. The number of carbonyl (C=O) groups is 4. The molecule has 0 radical (unpaired) electrons. The summed E-state index contributed by atoms with van der Waals surface area (Å²) in [5, 5.41) is 25.0. The number of hydrogen-bond acceptors (Lipinski definition) is 8. The molecule has 8 rings (SSSR count). The molecule has 65 heavy (non-hydrogen) atoms. The highest BCUT2D eigenvalue weighted by Crippen LogP contribution is 2.36. The Morgan fingerprint density at radius 2 is 1.02 bits per heavy atom. The van der Waals surface area contributed by atoms with Gasteiger partial charge in [-0.1, -0.05) is 52.3 Å². The number of para-hydroxylation sites is 2. The van der Waals surface area contributed by atoms with Gasteiger partial charge in [-0.3, -0.25) is 14.5 Å². The molecule has 0 spiro atoms. The van der Waals surface area contributed by atoms with Gasteiger partial charge in [0.2, 0.25) is 0 Å². The van der Waals surface area contributed by atoms with Crippen LogP contribution >= 0.6 is 15.9 Å². The van der Waals surface area contributed by atoms with Crippen LogP contribution in [0.15, 0.2) is 60.9 Å². The first kappa shape index (κ1) is 49.8.